The molecule has 2 heterocycles. The Bertz CT molecular complexity index is 1370. The Morgan fingerprint density at radius 3 is 2.21 bits per heavy atom. The second-order valence-corrected chi connectivity index (χ2v) is 14.5. The first-order valence-corrected chi connectivity index (χ1v) is 15.4. The number of rotatable bonds is 6. The molecule has 180 valence electrons. The van der Waals surface area contributed by atoms with Gasteiger partial charge in [-0.05, 0) is 42.5 Å². The smallest absolute Gasteiger partial charge is 0.268 e. The molecular weight excluding hydrogens is 484 g/mol. The average molecular weight is 513 g/mol. The third-order valence-electron chi connectivity index (χ3n) is 5.91. The fourth-order valence-electron chi connectivity index (χ4n) is 4.15. The summed E-state index contributed by atoms with van der Waals surface area (Å²) in [5, 5.41) is 0.375. The van der Waals surface area contributed by atoms with Gasteiger partial charge in [0.05, 0.1) is 10.4 Å². The van der Waals surface area contributed by atoms with Crippen molar-refractivity contribution < 1.29 is 25.9 Å². The number of sulfonamides is 1. The number of aromatic nitrogens is 1. The first-order chi connectivity index (χ1) is 15.4. The van der Waals surface area contributed by atoms with Crippen molar-refractivity contribution in [1.29, 1.82) is 0 Å². The molecule has 3 aromatic rings. The van der Waals surface area contributed by atoms with Crippen molar-refractivity contribution in [2.24, 2.45) is 0 Å². The van der Waals surface area contributed by atoms with Crippen LogP contribution in [0.5, 0.6) is 0 Å². The molecule has 0 amide bonds. The van der Waals surface area contributed by atoms with Crippen LogP contribution in [0, 0.1) is 0 Å². The molecular formula is C22H28N2O6S3. The molecule has 3 N–H and O–H groups in total. The molecule has 11 heteroatoms. The molecule has 1 aliphatic heterocycles. The predicted molar refractivity (Wildman–Crippen MR) is 131 cm³/mol. The summed E-state index contributed by atoms with van der Waals surface area (Å²) in [4.78, 5) is -0.0373. The lowest BCUT2D eigenvalue weighted by Gasteiger charge is -2.39. The van der Waals surface area contributed by atoms with Crippen LogP contribution in [0.3, 0.4) is 0 Å². The van der Waals surface area contributed by atoms with E-state index in [0.29, 0.717) is 23.7 Å². The van der Waals surface area contributed by atoms with Gasteiger partial charge in [-0.25, -0.2) is 25.5 Å². The van der Waals surface area contributed by atoms with Crippen LogP contribution in [0.15, 0.2) is 64.5 Å². The molecule has 0 radical (unpaired) electrons. The number of fused-ring (bicyclic) bond motifs is 1. The fraction of sp³-hybridized carbons (Fsp3) is 0.364. The number of hydrogen-bond donors (Lipinski definition) is 3. The van der Waals surface area contributed by atoms with Crippen molar-refractivity contribution in [3.05, 3.63) is 60.3 Å². The second-order valence-electron chi connectivity index (χ2n) is 8.61. The number of hydrogen-bond acceptors (Lipinski definition) is 6. The van der Waals surface area contributed by atoms with Crippen molar-refractivity contribution in [2.75, 3.05) is 11.5 Å². The molecule has 0 aliphatic carbocycles. The maximum atomic E-state index is 13.5. The van der Waals surface area contributed by atoms with Crippen LogP contribution in [-0.4, -0.2) is 47.5 Å². The molecule has 0 saturated carbocycles. The third-order valence-corrected chi connectivity index (χ3v) is 10.9. The monoisotopic (exact) mass is 512 g/mol. The molecule has 0 spiro atoms. The molecule has 1 fully saturated rings. The number of nitrogens with one attached hydrogen (secondary N) is 1. The molecule has 0 atom stereocenters. The highest BCUT2D eigenvalue weighted by Crippen LogP contribution is 2.44. The van der Waals surface area contributed by atoms with Gasteiger partial charge in [-0.1, -0.05) is 44.2 Å². The van der Waals surface area contributed by atoms with Crippen molar-refractivity contribution in [3.8, 4) is 0 Å². The van der Waals surface area contributed by atoms with Gasteiger partial charge in [0.2, 0.25) is 10.0 Å². The Kier molecular flexibility index (Phi) is 6.40. The summed E-state index contributed by atoms with van der Waals surface area (Å²) in [6.07, 6.45) is 1.79. The lowest BCUT2D eigenvalue weighted by atomic mass is 9.99. The molecule has 1 aromatic heterocycles. The van der Waals surface area contributed by atoms with E-state index in [1.807, 2.05) is 13.8 Å². The van der Waals surface area contributed by atoms with Gasteiger partial charge in [0.1, 0.15) is 4.90 Å². The van der Waals surface area contributed by atoms with E-state index in [1.165, 1.54) is 18.3 Å². The van der Waals surface area contributed by atoms with Gasteiger partial charge in [0.15, 0.2) is 0 Å². The Labute approximate surface area is 196 Å². The zero-order chi connectivity index (χ0) is 24.0. The normalized spacial score (nSPS) is 18.6. The quantitative estimate of drug-likeness (QED) is 0.455. The summed E-state index contributed by atoms with van der Waals surface area (Å²) in [5.41, 5.74) is 1.02. The molecule has 8 nitrogen and oxygen atoms in total. The van der Waals surface area contributed by atoms with Gasteiger partial charge < -0.3 is 0 Å². The summed E-state index contributed by atoms with van der Waals surface area (Å²) in [5.74, 6) is 0.240. The van der Waals surface area contributed by atoms with Gasteiger partial charge in [0.25, 0.3) is 10.0 Å². The van der Waals surface area contributed by atoms with Crippen LogP contribution in [0.1, 0.15) is 38.2 Å². The van der Waals surface area contributed by atoms with Crippen molar-refractivity contribution in [1.82, 2.24) is 8.69 Å². The summed E-state index contributed by atoms with van der Waals surface area (Å²) >= 11 is 0. The Morgan fingerprint density at radius 2 is 1.61 bits per heavy atom. The lowest BCUT2D eigenvalue weighted by Crippen LogP contribution is -2.39. The van der Waals surface area contributed by atoms with Gasteiger partial charge in [-0.3, -0.25) is 9.11 Å². The number of benzene rings is 2. The maximum absolute atomic E-state index is 13.5. The summed E-state index contributed by atoms with van der Waals surface area (Å²) in [7, 11) is -10.8. The van der Waals surface area contributed by atoms with Gasteiger partial charge in [-0.2, -0.15) is 10.6 Å². The highest BCUT2D eigenvalue weighted by atomic mass is 32.3. The number of nitrogens with zero attached hydrogens (tertiary/aromatic N) is 1. The van der Waals surface area contributed by atoms with Crippen molar-refractivity contribution in [2.45, 2.75) is 48.4 Å². The van der Waals surface area contributed by atoms with Crippen LogP contribution in [0.2, 0.25) is 0 Å². The fourth-order valence-corrected chi connectivity index (χ4v) is 8.66. The van der Waals surface area contributed by atoms with Crippen LogP contribution in [0.4, 0.5) is 0 Å². The molecule has 1 saturated heterocycles. The molecule has 4 rings (SSSR count). The molecule has 1 aliphatic rings. The standard InChI is InChI=1S/C22H28N2O6S3/c1-16(2)19-9-6-10-20-22(19)21(15-24(20)33(29,30)18-7-4-3-5-8-18)32(27,28)23-17-11-13-31(25,26)14-12-17/h3-10,15-17,23,25-26H,11-14H2,1-2H3. The second kappa shape index (κ2) is 8.71. The Balaban J connectivity index is 1.86. The molecule has 2 aromatic carbocycles. The van der Waals surface area contributed by atoms with Gasteiger partial charge in [-0.15, -0.1) is 0 Å². The topological polar surface area (TPSA) is 126 Å². The largest absolute Gasteiger partial charge is 0.299 e. The van der Waals surface area contributed by atoms with Crippen LogP contribution >= 0.6 is 10.6 Å². The Hall–Kier alpha value is -1.89. The minimum absolute atomic E-state index is 0.0411. The SMILES string of the molecule is CC(C)c1cccc2c1c(S(=O)(=O)NC1CCS(O)(O)CC1)cn2S(=O)(=O)c1ccccc1. The van der Waals surface area contributed by atoms with Crippen LogP contribution in [-0.2, 0) is 20.0 Å². The molecule has 0 bridgehead atoms. The highest BCUT2D eigenvalue weighted by molar-refractivity contribution is 8.24. The van der Waals surface area contributed by atoms with E-state index in [4.69, 9.17) is 0 Å². The van der Waals surface area contributed by atoms with E-state index >= 15 is 0 Å². The zero-order valence-electron chi connectivity index (χ0n) is 18.4. The predicted octanol–water partition coefficient (Wildman–Crippen LogP) is 4.19. The average Bonchev–Trinajstić information content (AvgIpc) is 3.17. The first kappa shape index (κ1) is 24.2. The zero-order valence-corrected chi connectivity index (χ0v) is 20.8. The minimum Gasteiger partial charge on any atom is -0.299 e. The van der Waals surface area contributed by atoms with E-state index < -0.39 is 36.7 Å². The lowest BCUT2D eigenvalue weighted by molar-refractivity contribution is 0.444. The molecule has 33 heavy (non-hydrogen) atoms. The van der Waals surface area contributed by atoms with Gasteiger partial charge in [0, 0.05) is 29.1 Å². The minimum atomic E-state index is -4.09. The van der Waals surface area contributed by atoms with Crippen LogP contribution in [0.25, 0.3) is 10.9 Å². The maximum Gasteiger partial charge on any atom is 0.268 e. The summed E-state index contributed by atoms with van der Waals surface area (Å²) in [6, 6.07) is 12.6. The van der Waals surface area contributed by atoms with E-state index in [-0.39, 0.29) is 27.2 Å². The van der Waals surface area contributed by atoms with Crippen LogP contribution < -0.4 is 4.72 Å². The van der Waals surface area contributed by atoms with E-state index in [9.17, 15) is 25.9 Å². The molecule has 0 unspecified atom stereocenters. The van der Waals surface area contributed by atoms with Crippen molar-refractivity contribution >= 4 is 41.5 Å². The Morgan fingerprint density at radius 1 is 0.970 bits per heavy atom. The van der Waals surface area contributed by atoms with E-state index in [2.05, 4.69) is 4.72 Å². The summed E-state index contributed by atoms with van der Waals surface area (Å²) in [6.45, 7) is 3.85. The third kappa shape index (κ3) is 4.71. The van der Waals surface area contributed by atoms with Crippen molar-refractivity contribution in [3.63, 3.8) is 0 Å². The first-order valence-electron chi connectivity index (χ1n) is 10.6. The van der Waals surface area contributed by atoms with E-state index in [1.54, 1.807) is 36.4 Å². The van der Waals surface area contributed by atoms with E-state index in [0.717, 1.165) is 9.54 Å². The van der Waals surface area contributed by atoms with Gasteiger partial charge >= 0.3 is 0 Å². The highest BCUT2D eigenvalue weighted by Gasteiger charge is 2.32. The summed E-state index contributed by atoms with van der Waals surface area (Å²) < 4.78 is 77.2.